The Kier molecular flexibility index (Phi) is 5.64. The molecule has 3 heterocycles. The van der Waals surface area contributed by atoms with Crippen molar-refractivity contribution in [2.75, 3.05) is 59.5 Å². The second-order valence-electron chi connectivity index (χ2n) is 7.57. The molecule has 0 spiro atoms. The molecule has 6 heteroatoms. The Hall–Kier alpha value is -2.05. The second kappa shape index (κ2) is 8.31. The summed E-state index contributed by atoms with van der Waals surface area (Å²) in [5.41, 5.74) is 1.72. The van der Waals surface area contributed by atoms with E-state index < -0.39 is 0 Å². The Bertz CT molecular complexity index is 774. The number of likely N-dealkylation sites (tertiary alicyclic amines) is 1. The van der Waals surface area contributed by atoms with Crippen molar-refractivity contribution >= 4 is 16.9 Å². The van der Waals surface area contributed by atoms with Crippen LogP contribution < -0.4 is 4.74 Å². The highest BCUT2D eigenvalue weighted by atomic mass is 16.5. The van der Waals surface area contributed by atoms with E-state index in [0.29, 0.717) is 6.42 Å². The van der Waals surface area contributed by atoms with Crippen molar-refractivity contribution in [2.24, 2.45) is 0 Å². The number of furan rings is 1. The molecule has 4 rings (SSSR count). The highest BCUT2D eigenvalue weighted by Gasteiger charge is 2.23. The topological polar surface area (TPSA) is 49.2 Å². The number of fused-ring (bicyclic) bond motifs is 1. The van der Waals surface area contributed by atoms with Crippen molar-refractivity contribution in [2.45, 2.75) is 19.3 Å². The highest BCUT2D eigenvalue weighted by molar-refractivity contribution is 5.88. The molecule has 0 radical (unpaired) electrons. The molecule has 0 saturated carbocycles. The van der Waals surface area contributed by atoms with Gasteiger partial charge in [0.25, 0.3) is 0 Å². The SMILES string of the molecule is COc1ccc2c(CC(=O)N3CCN(CCN4CCCC4)CC3)coc2c1. The fraction of sp³-hybridized carbons (Fsp3) is 0.571. The molecule has 0 bridgehead atoms. The fourth-order valence-electron chi connectivity index (χ4n) is 4.11. The van der Waals surface area contributed by atoms with Gasteiger partial charge in [0.1, 0.15) is 11.3 Å². The molecule has 2 aromatic rings. The summed E-state index contributed by atoms with van der Waals surface area (Å²) in [7, 11) is 1.64. The van der Waals surface area contributed by atoms with Crippen LogP contribution in [0, 0.1) is 0 Å². The minimum absolute atomic E-state index is 0.188. The average molecular weight is 371 g/mol. The number of carbonyl (C=O) groups is 1. The Morgan fingerprint density at radius 3 is 2.44 bits per heavy atom. The van der Waals surface area contributed by atoms with Gasteiger partial charge in [-0.05, 0) is 38.1 Å². The van der Waals surface area contributed by atoms with Crippen LogP contribution in [-0.2, 0) is 11.2 Å². The van der Waals surface area contributed by atoms with E-state index in [2.05, 4.69) is 9.80 Å². The van der Waals surface area contributed by atoms with Gasteiger partial charge in [-0.25, -0.2) is 0 Å². The Balaban J connectivity index is 1.28. The zero-order valence-corrected chi connectivity index (χ0v) is 16.2. The molecular weight excluding hydrogens is 342 g/mol. The van der Waals surface area contributed by atoms with Crippen molar-refractivity contribution < 1.29 is 13.9 Å². The summed E-state index contributed by atoms with van der Waals surface area (Å²) in [5.74, 6) is 0.951. The standard InChI is InChI=1S/C21H29N3O3/c1-26-18-4-5-19-17(16-27-20(19)15-18)14-21(25)24-12-10-23(11-13-24)9-8-22-6-2-3-7-22/h4-5,15-16H,2-3,6-14H2,1H3. The van der Waals surface area contributed by atoms with E-state index in [1.165, 1.54) is 32.5 Å². The number of nitrogens with zero attached hydrogens (tertiary/aromatic N) is 3. The lowest BCUT2D eigenvalue weighted by atomic mass is 10.1. The molecule has 2 saturated heterocycles. The Morgan fingerprint density at radius 2 is 1.74 bits per heavy atom. The molecule has 0 unspecified atom stereocenters. The summed E-state index contributed by atoms with van der Waals surface area (Å²) in [5, 5.41) is 0.994. The van der Waals surface area contributed by atoms with Crippen LogP contribution in [0.15, 0.2) is 28.9 Å². The lowest BCUT2D eigenvalue weighted by Crippen LogP contribution is -2.50. The quantitative estimate of drug-likeness (QED) is 0.779. The van der Waals surface area contributed by atoms with E-state index >= 15 is 0 Å². The fourth-order valence-corrected chi connectivity index (χ4v) is 4.11. The van der Waals surface area contributed by atoms with E-state index in [1.807, 2.05) is 23.1 Å². The number of rotatable bonds is 6. The third-order valence-electron chi connectivity index (χ3n) is 5.86. The van der Waals surface area contributed by atoms with Crippen molar-refractivity contribution in [3.05, 3.63) is 30.0 Å². The van der Waals surface area contributed by atoms with Gasteiger partial charge < -0.3 is 19.0 Å². The first-order valence-corrected chi connectivity index (χ1v) is 9.99. The van der Waals surface area contributed by atoms with E-state index in [9.17, 15) is 4.79 Å². The van der Waals surface area contributed by atoms with Crippen LogP contribution in [0.4, 0.5) is 0 Å². The first-order valence-electron chi connectivity index (χ1n) is 9.99. The van der Waals surface area contributed by atoms with Gasteiger partial charge in [0.2, 0.25) is 5.91 Å². The zero-order valence-electron chi connectivity index (χ0n) is 16.2. The van der Waals surface area contributed by atoms with Gasteiger partial charge in [-0.1, -0.05) is 0 Å². The van der Waals surface area contributed by atoms with Gasteiger partial charge in [0.15, 0.2) is 0 Å². The van der Waals surface area contributed by atoms with Gasteiger partial charge >= 0.3 is 0 Å². The summed E-state index contributed by atoms with van der Waals surface area (Å²) >= 11 is 0. The van der Waals surface area contributed by atoms with Crippen LogP contribution >= 0.6 is 0 Å². The molecule has 2 fully saturated rings. The summed E-state index contributed by atoms with van der Waals surface area (Å²) in [4.78, 5) is 19.8. The number of methoxy groups -OCH3 is 1. The van der Waals surface area contributed by atoms with E-state index in [0.717, 1.165) is 55.0 Å². The molecule has 2 aliphatic heterocycles. The number of hydrogen-bond acceptors (Lipinski definition) is 5. The maximum atomic E-state index is 12.7. The third-order valence-corrected chi connectivity index (χ3v) is 5.86. The smallest absolute Gasteiger partial charge is 0.227 e. The maximum absolute atomic E-state index is 12.7. The largest absolute Gasteiger partial charge is 0.497 e. The predicted octanol–water partition coefficient (Wildman–Crippen LogP) is 2.22. The monoisotopic (exact) mass is 371 g/mol. The van der Waals surface area contributed by atoms with E-state index in [4.69, 9.17) is 9.15 Å². The first-order chi connectivity index (χ1) is 13.2. The molecule has 1 aromatic carbocycles. The van der Waals surface area contributed by atoms with Crippen LogP contribution in [0.5, 0.6) is 5.75 Å². The third kappa shape index (κ3) is 4.28. The summed E-state index contributed by atoms with van der Waals surface area (Å²) < 4.78 is 10.8. The molecule has 1 aromatic heterocycles. The number of carbonyl (C=O) groups excluding carboxylic acids is 1. The first kappa shape index (κ1) is 18.3. The predicted molar refractivity (Wildman–Crippen MR) is 105 cm³/mol. The molecule has 27 heavy (non-hydrogen) atoms. The van der Waals surface area contributed by atoms with Gasteiger partial charge in [0.05, 0.1) is 19.8 Å². The van der Waals surface area contributed by atoms with Crippen LogP contribution in [-0.4, -0.2) is 80.1 Å². The van der Waals surface area contributed by atoms with Gasteiger partial charge in [-0.15, -0.1) is 0 Å². The Morgan fingerprint density at radius 1 is 1.04 bits per heavy atom. The summed E-state index contributed by atoms with van der Waals surface area (Å²) in [6.07, 6.45) is 4.79. The lowest BCUT2D eigenvalue weighted by molar-refractivity contribution is -0.132. The van der Waals surface area contributed by atoms with Crippen LogP contribution in [0.3, 0.4) is 0 Å². The van der Waals surface area contributed by atoms with Crippen molar-refractivity contribution in [1.29, 1.82) is 0 Å². The molecule has 2 aliphatic rings. The average Bonchev–Trinajstić information content (AvgIpc) is 3.36. The van der Waals surface area contributed by atoms with Gasteiger partial charge in [-0.3, -0.25) is 9.69 Å². The molecule has 1 amide bonds. The lowest BCUT2D eigenvalue weighted by Gasteiger charge is -2.35. The summed E-state index contributed by atoms with van der Waals surface area (Å²) in [6.45, 7) is 8.39. The highest BCUT2D eigenvalue weighted by Crippen LogP contribution is 2.26. The zero-order chi connectivity index (χ0) is 18.6. The van der Waals surface area contributed by atoms with Crippen molar-refractivity contribution in [3.8, 4) is 5.75 Å². The van der Waals surface area contributed by atoms with Crippen LogP contribution in [0.2, 0.25) is 0 Å². The molecule has 0 aliphatic carbocycles. The minimum Gasteiger partial charge on any atom is -0.497 e. The number of benzene rings is 1. The molecule has 6 nitrogen and oxygen atoms in total. The molecular formula is C21H29N3O3. The van der Waals surface area contributed by atoms with E-state index in [1.54, 1.807) is 13.4 Å². The number of piperazine rings is 1. The summed E-state index contributed by atoms with van der Waals surface area (Å²) in [6, 6.07) is 5.74. The normalized spacial score (nSPS) is 19.1. The molecule has 0 N–H and O–H groups in total. The van der Waals surface area contributed by atoms with Crippen molar-refractivity contribution in [3.63, 3.8) is 0 Å². The Labute approximate surface area is 160 Å². The van der Waals surface area contributed by atoms with Gasteiger partial charge in [-0.2, -0.15) is 0 Å². The number of ether oxygens (including phenoxy) is 1. The molecule has 146 valence electrons. The van der Waals surface area contributed by atoms with E-state index in [-0.39, 0.29) is 5.91 Å². The second-order valence-corrected chi connectivity index (χ2v) is 7.57. The maximum Gasteiger partial charge on any atom is 0.227 e. The number of amides is 1. The minimum atomic E-state index is 0.188. The molecule has 0 atom stereocenters. The van der Waals surface area contributed by atoms with Gasteiger partial charge in [0, 0.05) is 56.3 Å². The number of hydrogen-bond donors (Lipinski definition) is 0. The van der Waals surface area contributed by atoms with Crippen LogP contribution in [0.25, 0.3) is 11.0 Å². The van der Waals surface area contributed by atoms with Crippen molar-refractivity contribution in [1.82, 2.24) is 14.7 Å². The van der Waals surface area contributed by atoms with Crippen LogP contribution in [0.1, 0.15) is 18.4 Å².